The van der Waals surface area contributed by atoms with Gasteiger partial charge in [-0.05, 0) is 37.5 Å². The Balaban J connectivity index is 1.83. The average Bonchev–Trinajstić information content (AvgIpc) is 2.62. The van der Waals surface area contributed by atoms with Crippen molar-refractivity contribution in [3.8, 4) is 0 Å². The first kappa shape index (κ1) is 19.3. The second kappa shape index (κ2) is 7.28. The van der Waals surface area contributed by atoms with Crippen LogP contribution in [0.15, 0.2) is 41.3 Å². The Labute approximate surface area is 159 Å². The van der Waals surface area contributed by atoms with Crippen LogP contribution in [0, 0.1) is 30.9 Å². The highest BCUT2D eigenvalue weighted by molar-refractivity contribution is 7.89. The molecule has 27 heavy (non-hydrogen) atoms. The molecule has 0 unspecified atom stereocenters. The first-order valence-corrected chi connectivity index (χ1v) is 10.2. The molecular weight excluding hydrogens is 366 g/mol. The molecule has 1 aliphatic heterocycles. The topological polar surface area (TPSA) is 83.8 Å². The summed E-state index contributed by atoms with van der Waals surface area (Å²) in [4.78, 5) is 12.7. The van der Waals surface area contributed by atoms with E-state index in [1.54, 1.807) is 6.92 Å². The molecule has 1 saturated heterocycles. The fourth-order valence-electron chi connectivity index (χ4n) is 3.58. The smallest absolute Gasteiger partial charge is 0.270 e. The van der Waals surface area contributed by atoms with E-state index in [2.05, 4.69) is 30.9 Å². The molecule has 0 saturated carbocycles. The van der Waals surface area contributed by atoms with Gasteiger partial charge in [-0.15, -0.1) is 0 Å². The first-order valence-electron chi connectivity index (χ1n) is 8.78. The largest absolute Gasteiger partial charge is 0.368 e. The van der Waals surface area contributed by atoms with Crippen LogP contribution in [0.3, 0.4) is 0 Å². The molecule has 0 amide bonds. The number of rotatable bonds is 4. The number of nitro groups is 1. The average molecular weight is 389 g/mol. The van der Waals surface area contributed by atoms with E-state index in [1.807, 2.05) is 6.07 Å². The van der Waals surface area contributed by atoms with Gasteiger partial charge in [-0.1, -0.05) is 24.3 Å². The standard InChI is InChI=1S/C19H23N3O4S/c1-14-7-8-17(22(23)24)13-18(14)27(25,26)21-11-9-20(10-12-21)19-15(2)5-4-6-16(19)3/h4-8,13H,9-12H2,1-3H3. The molecular formula is C19H23N3O4S. The van der Waals surface area contributed by atoms with Gasteiger partial charge in [0.15, 0.2) is 0 Å². The summed E-state index contributed by atoms with van der Waals surface area (Å²) in [6, 6.07) is 10.1. The van der Waals surface area contributed by atoms with Gasteiger partial charge in [0.25, 0.3) is 5.69 Å². The lowest BCUT2D eigenvalue weighted by Crippen LogP contribution is -2.49. The molecule has 0 aliphatic carbocycles. The van der Waals surface area contributed by atoms with E-state index < -0.39 is 14.9 Å². The van der Waals surface area contributed by atoms with Crippen LogP contribution in [0.1, 0.15) is 16.7 Å². The quantitative estimate of drug-likeness (QED) is 0.593. The number of nitrogens with zero attached hydrogens (tertiary/aromatic N) is 3. The van der Waals surface area contributed by atoms with E-state index in [9.17, 15) is 18.5 Å². The summed E-state index contributed by atoms with van der Waals surface area (Å²) in [5.74, 6) is 0. The fourth-order valence-corrected chi connectivity index (χ4v) is 5.24. The molecule has 7 nitrogen and oxygen atoms in total. The summed E-state index contributed by atoms with van der Waals surface area (Å²) in [7, 11) is -3.77. The van der Waals surface area contributed by atoms with Crippen molar-refractivity contribution in [1.29, 1.82) is 0 Å². The number of non-ortho nitro benzene ring substituents is 1. The van der Waals surface area contributed by atoms with Crippen molar-refractivity contribution in [2.45, 2.75) is 25.7 Å². The number of sulfonamides is 1. The number of hydrogen-bond donors (Lipinski definition) is 0. The van der Waals surface area contributed by atoms with Gasteiger partial charge < -0.3 is 4.90 Å². The minimum Gasteiger partial charge on any atom is -0.368 e. The number of hydrogen-bond acceptors (Lipinski definition) is 5. The summed E-state index contributed by atoms with van der Waals surface area (Å²) >= 11 is 0. The van der Waals surface area contributed by atoms with Crippen molar-refractivity contribution >= 4 is 21.4 Å². The summed E-state index contributed by atoms with van der Waals surface area (Å²) < 4.78 is 27.5. The van der Waals surface area contributed by atoms with Crippen molar-refractivity contribution in [2.75, 3.05) is 31.1 Å². The van der Waals surface area contributed by atoms with Crippen LogP contribution >= 0.6 is 0 Å². The molecule has 1 heterocycles. The maximum Gasteiger partial charge on any atom is 0.270 e. The predicted octanol–water partition coefficient (Wildman–Crippen LogP) is 3.03. The van der Waals surface area contributed by atoms with Crippen LogP contribution in [-0.2, 0) is 10.0 Å². The molecule has 1 aliphatic rings. The third-order valence-corrected chi connectivity index (χ3v) is 7.04. The summed E-state index contributed by atoms with van der Waals surface area (Å²) in [5, 5.41) is 11.0. The third kappa shape index (κ3) is 3.68. The molecule has 2 aromatic carbocycles. The van der Waals surface area contributed by atoms with Gasteiger partial charge in [0.1, 0.15) is 0 Å². The molecule has 144 valence electrons. The number of para-hydroxylation sites is 1. The number of piperazine rings is 1. The van der Waals surface area contributed by atoms with Gasteiger partial charge in [-0.25, -0.2) is 8.42 Å². The third-order valence-electron chi connectivity index (χ3n) is 4.99. The van der Waals surface area contributed by atoms with Crippen molar-refractivity contribution in [1.82, 2.24) is 4.31 Å². The number of nitro benzene ring substituents is 1. The molecule has 8 heteroatoms. The Morgan fingerprint density at radius 1 is 0.926 bits per heavy atom. The monoisotopic (exact) mass is 389 g/mol. The number of anilines is 1. The van der Waals surface area contributed by atoms with Crippen LogP contribution < -0.4 is 4.90 Å². The normalized spacial score (nSPS) is 15.7. The van der Waals surface area contributed by atoms with E-state index >= 15 is 0 Å². The zero-order valence-corrected chi connectivity index (χ0v) is 16.5. The molecule has 3 rings (SSSR count). The Morgan fingerprint density at radius 3 is 2.07 bits per heavy atom. The van der Waals surface area contributed by atoms with E-state index in [4.69, 9.17) is 0 Å². The van der Waals surface area contributed by atoms with Gasteiger partial charge in [0, 0.05) is 44.0 Å². The number of benzene rings is 2. The van der Waals surface area contributed by atoms with Crippen LogP contribution in [0.4, 0.5) is 11.4 Å². The van der Waals surface area contributed by atoms with Crippen molar-refractivity contribution in [3.63, 3.8) is 0 Å². The highest BCUT2D eigenvalue weighted by Gasteiger charge is 2.31. The van der Waals surface area contributed by atoms with E-state index in [0.29, 0.717) is 31.7 Å². The predicted molar refractivity (Wildman–Crippen MR) is 105 cm³/mol. The molecule has 2 aromatic rings. The van der Waals surface area contributed by atoms with Crippen LogP contribution in [0.2, 0.25) is 0 Å². The van der Waals surface area contributed by atoms with E-state index in [1.165, 1.54) is 27.6 Å². The zero-order chi connectivity index (χ0) is 19.8. The maximum absolute atomic E-state index is 13.0. The minimum atomic E-state index is -3.77. The summed E-state index contributed by atoms with van der Waals surface area (Å²) in [6.07, 6.45) is 0. The molecule has 0 N–H and O–H groups in total. The zero-order valence-electron chi connectivity index (χ0n) is 15.7. The van der Waals surface area contributed by atoms with E-state index in [-0.39, 0.29) is 10.6 Å². The number of aryl methyl sites for hydroxylation is 3. The van der Waals surface area contributed by atoms with Crippen molar-refractivity contribution in [3.05, 3.63) is 63.2 Å². The minimum absolute atomic E-state index is 0.0113. The fraction of sp³-hybridized carbons (Fsp3) is 0.368. The first-order chi connectivity index (χ1) is 12.7. The Bertz CT molecular complexity index is 960. The molecule has 0 bridgehead atoms. The molecule has 0 radical (unpaired) electrons. The summed E-state index contributed by atoms with van der Waals surface area (Å²) in [5.41, 5.74) is 3.79. The van der Waals surface area contributed by atoms with Gasteiger partial charge >= 0.3 is 0 Å². The van der Waals surface area contributed by atoms with Crippen molar-refractivity contribution < 1.29 is 13.3 Å². The molecule has 0 spiro atoms. The highest BCUT2D eigenvalue weighted by Crippen LogP contribution is 2.29. The molecule has 1 fully saturated rings. The van der Waals surface area contributed by atoms with Gasteiger partial charge in [0.2, 0.25) is 10.0 Å². The van der Waals surface area contributed by atoms with Gasteiger partial charge in [0.05, 0.1) is 9.82 Å². The van der Waals surface area contributed by atoms with Crippen LogP contribution in [-0.4, -0.2) is 43.8 Å². The highest BCUT2D eigenvalue weighted by atomic mass is 32.2. The lowest BCUT2D eigenvalue weighted by atomic mass is 10.1. The van der Waals surface area contributed by atoms with Crippen LogP contribution in [0.25, 0.3) is 0 Å². The van der Waals surface area contributed by atoms with E-state index in [0.717, 1.165) is 11.8 Å². The maximum atomic E-state index is 13.0. The Kier molecular flexibility index (Phi) is 5.21. The lowest BCUT2D eigenvalue weighted by molar-refractivity contribution is -0.385. The Morgan fingerprint density at radius 2 is 1.52 bits per heavy atom. The van der Waals surface area contributed by atoms with Crippen LogP contribution in [0.5, 0.6) is 0 Å². The SMILES string of the molecule is Cc1ccc([N+](=O)[O-])cc1S(=O)(=O)N1CCN(c2c(C)cccc2C)CC1. The molecule has 0 aromatic heterocycles. The summed E-state index contributed by atoms with van der Waals surface area (Å²) in [6.45, 7) is 7.62. The lowest BCUT2D eigenvalue weighted by Gasteiger charge is -2.37. The second-order valence-electron chi connectivity index (χ2n) is 6.84. The van der Waals surface area contributed by atoms with Crippen molar-refractivity contribution in [2.24, 2.45) is 0 Å². The second-order valence-corrected chi connectivity index (χ2v) is 8.74. The Hall–Kier alpha value is -2.45. The van der Waals surface area contributed by atoms with Gasteiger partial charge in [-0.2, -0.15) is 4.31 Å². The molecule has 0 atom stereocenters. The van der Waals surface area contributed by atoms with Gasteiger partial charge in [-0.3, -0.25) is 10.1 Å².